The highest BCUT2D eigenvalue weighted by Crippen LogP contribution is 2.43. The molecule has 1 aromatic carbocycles. The summed E-state index contributed by atoms with van der Waals surface area (Å²) >= 11 is 0. The number of hydrogen-bond donors (Lipinski definition) is 0. The maximum absolute atomic E-state index is 2.36. The van der Waals surface area contributed by atoms with Crippen LogP contribution in [0.5, 0.6) is 0 Å². The van der Waals surface area contributed by atoms with Crippen molar-refractivity contribution < 1.29 is 0 Å². The predicted octanol–water partition coefficient (Wildman–Crippen LogP) is 4.27. The molecule has 2 rings (SSSR count). The summed E-state index contributed by atoms with van der Waals surface area (Å²) in [6.07, 6.45) is 4.00. The molecule has 84 valence electrons. The molecule has 0 aromatic heterocycles. The van der Waals surface area contributed by atoms with Crippen molar-refractivity contribution in [3.8, 4) is 0 Å². The summed E-state index contributed by atoms with van der Waals surface area (Å²) in [4.78, 5) is 0. The lowest BCUT2D eigenvalue weighted by atomic mass is 9.69. The van der Waals surface area contributed by atoms with Gasteiger partial charge in [-0.2, -0.15) is 13.5 Å². The molecule has 0 bridgehead atoms. The Kier molecular flexibility index (Phi) is 3.88. The molecule has 1 aliphatic carbocycles. The molecular formula is C14H22S. The smallest absolute Gasteiger partial charge is 0.0110 e. The number of benzene rings is 1. The lowest BCUT2D eigenvalue weighted by molar-refractivity contribution is 0.289. The third-order valence-corrected chi connectivity index (χ3v) is 3.41. The molecular weight excluding hydrogens is 200 g/mol. The Morgan fingerprint density at radius 2 is 1.80 bits per heavy atom. The molecule has 0 saturated carbocycles. The third kappa shape index (κ3) is 2.57. The molecule has 0 amide bonds. The largest absolute Gasteiger partial charge is 0.197 e. The van der Waals surface area contributed by atoms with E-state index in [1.54, 1.807) is 11.1 Å². The van der Waals surface area contributed by atoms with Crippen LogP contribution in [0.1, 0.15) is 50.7 Å². The van der Waals surface area contributed by atoms with Crippen LogP contribution < -0.4 is 0 Å². The van der Waals surface area contributed by atoms with Gasteiger partial charge in [-0.05, 0) is 41.7 Å². The summed E-state index contributed by atoms with van der Waals surface area (Å²) in [6, 6.07) is 8.98. The molecule has 0 saturated heterocycles. The molecule has 0 radical (unpaired) electrons. The molecule has 0 nitrogen and oxygen atoms in total. The summed E-state index contributed by atoms with van der Waals surface area (Å²) in [5.74, 6) is 0.757. The molecule has 1 aromatic rings. The molecule has 0 heterocycles. The third-order valence-electron chi connectivity index (χ3n) is 3.41. The topological polar surface area (TPSA) is 0 Å². The minimum atomic E-state index is 0. The van der Waals surface area contributed by atoms with Gasteiger partial charge in [0.25, 0.3) is 0 Å². The fourth-order valence-electron chi connectivity index (χ4n) is 2.65. The van der Waals surface area contributed by atoms with Gasteiger partial charge in [0.1, 0.15) is 0 Å². The van der Waals surface area contributed by atoms with Gasteiger partial charge in [-0.1, -0.05) is 45.0 Å². The first-order chi connectivity index (χ1) is 6.59. The molecule has 0 N–H and O–H groups in total. The van der Waals surface area contributed by atoms with E-state index < -0.39 is 0 Å². The van der Waals surface area contributed by atoms with Crippen molar-refractivity contribution in [1.82, 2.24) is 0 Å². The average Bonchev–Trinajstić information content (AvgIpc) is 2.15. The summed E-state index contributed by atoms with van der Waals surface area (Å²) in [7, 11) is 0. The van der Waals surface area contributed by atoms with Crippen molar-refractivity contribution in [1.29, 1.82) is 0 Å². The van der Waals surface area contributed by atoms with Crippen LogP contribution >= 0.6 is 13.5 Å². The molecule has 0 unspecified atom stereocenters. The van der Waals surface area contributed by atoms with Crippen LogP contribution in [0.4, 0.5) is 0 Å². The van der Waals surface area contributed by atoms with E-state index >= 15 is 0 Å². The summed E-state index contributed by atoms with van der Waals surface area (Å²) in [6.45, 7) is 7.08. The average molecular weight is 222 g/mol. The standard InChI is InChI=1S/C14H20.H2S/c1-14(2,3)13-10-6-8-11-7-4-5-9-12(11)13;/h4-5,7,9,13H,6,8,10H2,1-3H3;1H2/t13-;/m0./s1. The maximum atomic E-state index is 2.36. The summed E-state index contributed by atoms with van der Waals surface area (Å²) < 4.78 is 0. The maximum Gasteiger partial charge on any atom is -0.0110 e. The monoisotopic (exact) mass is 222 g/mol. The summed E-state index contributed by atoms with van der Waals surface area (Å²) in [5, 5.41) is 0. The van der Waals surface area contributed by atoms with Crippen LogP contribution in [-0.2, 0) is 6.42 Å². The van der Waals surface area contributed by atoms with E-state index in [0.29, 0.717) is 5.41 Å². The van der Waals surface area contributed by atoms with Crippen LogP contribution in [0.25, 0.3) is 0 Å². The van der Waals surface area contributed by atoms with E-state index in [0.717, 1.165) is 5.92 Å². The fourth-order valence-corrected chi connectivity index (χ4v) is 2.65. The van der Waals surface area contributed by atoms with Gasteiger partial charge < -0.3 is 0 Å². The van der Waals surface area contributed by atoms with Crippen LogP contribution in [0.3, 0.4) is 0 Å². The zero-order valence-corrected chi connectivity index (χ0v) is 11.0. The quantitative estimate of drug-likeness (QED) is 0.615. The minimum Gasteiger partial charge on any atom is -0.197 e. The Hall–Kier alpha value is -0.430. The Morgan fingerprint density at radius 1 is 1.13 bits per heavy atom. The number of hydrogen-bond acceptors (Lipinski definition) is 0. The Bertz CT molecular complexity index is 322. The van der Waals surface area contributed by atoms with E-state index in [1.165, 1.54) is 19.3 Å². The highest BCUT2D eigenvalue weighted by molar-refractivity contribution is 7.59. The van der Waals surface area contributed by atoms with E-state index in [4.69, 9.17) is 0 Å². The van der Waals surface area contributed by atoms with E-state index in [9.17, 15) is 0 Å². The van der Waals surface area contributed by atoms with Crippen LogP contribution in [0.15, 0.2) is 24.3 Å². The molecule has 1 atom stereocenters. The van der Waals surface area contributed by atoms with Gasteiger partial charge in [0.2, 0.25) is 0 Å². The Labute approximate surface area is 101 Å². The van der Waals surface area contributed by atoms with Crippen molar-refractivity contribution in [2.75, 3.05) is 0 Å². The van der Waals surface area contributed by atoms with E-state index in [-0.39, 0.29) is 13.5 Å². The van der Waals surface area contributed by atoms with Crippen molar-refractivity contribution in [2.45, 2.75) is 46.0 Å². The lowest BCUT2D eigenvalue weighted by Crippen LogP contribution is -2.22. The second-order valence-corrected chi connectivity index (χ2v) is 5.51. The van der Waals surface area contributed by atoms with Gasteiger partial charge in [-0.25, -0.2) is 0 Å². The predicted molar refractivity (Wildman–Crippen MR) is 72.0 cm³/mol. The van der Waals surface area contributed by atoms with Crippen LogP contribution in [0.2, 0.25) is 0 Å². The first-order valence-corrected chi connectivity index (χ1v) is 5.67. The fraction of sp³-hybridized carbons (Fsp3) is 0.571. The van der Waals surface area contributed by atoms with Gasteiger partial charge in [0.05, 0.1) is 0 Å². The SMILES string of the molecule is CC(C)(C)[C@H]1CCCc2ccccc21.S. The van der Waals surface area contributed by atoms with Gasteiger partial charge in [0, 0.05) is 0 Å². The second kappa shape index (κ2) is 4.61. The molecule has 0 aliphatic heterocycles. The zero-order valence-electron chi connectivity index (χ0n) is 10.0. The van der Waals surface area contributed by atoms with Crippen molar-refractivity contribution in [3.05, 3.63) is 35.4 Å². The molecule has 1 heteroatoms. The number of rotatable bonds is 0. The van der Waals surface area contributed by atoms with Gasteiger partial charge in [0.15, 0.2) is 0 Å². The molecule has 1 aliphatic rings. The minimum absolute atomic E-state index is 0. The van der Waals surface area contributed by atoms with E-state index in [2.05, 4.69) is 45.0 Å². The van der Waals surface area contributed by atoms with Crippen molar-refractivity contribution in [3.63, 3.8) is 0 Å². The normalized spacial score (nSPS) is 20.3. The molecule has 0 fully saturated rings. The lowest BCUT2D eigenvalue weighted by Gasteiger charge is -2.35. The number of fused-ring (bicyclic) bond motifs is 1. The van der Waals surface area contributed by atoms with Crippen LogP contribution in [0, 0.1) is 5.41 Å². The van der Waals surface area contributed by atoms with Crippen molar-refractivity contribution in [2.24, 2.45) is 5.41 Å². The van der Waals surface area contributed by atoms with Crippen LogP contribution in [-0.4, -0.2) is 0 Å². The van der Waals surface area contributed by atoms with Crippen molar-refractivity contribution >= 4 is 13.5 Å². The second-order valence-electron chi connectivity index (χ2n) is 5.51. The first-order valence-electron chi connectivity index (χ1n) is 5.67. The highest BCUT2D eigenvalue weighted by Gasteiger charge is 2.29. The zero-order chi connectivity index (χ0) is 10.2. The molecule has 0 spiro atoms. The first kappa shape index (κ1) is 12.6. The van der Waals surface area contributed by atoms with Gasteiger partial charge in [-0.15, -0.1) is 0 Å². The highest BCUT2D eigenvalue weighted by atomic mass is 32.1. The Balaban J connectivity index is 0.00000112. The summed E-state index contributed by atoms with van der Waals surface area (Å²) in [5.41, 5.74) is 3.60. The van der Waals surface area contributed by atoms with Gasteiger partial charge >= 0.3 is 0 Å². The van der Waals surface area contributed by atoms with E-state index in [1.807, 2.05) is 0 Å². The van der Waals surface area contributed by atoms with Gasteiger partial charge in [-0.3, -0.25) is 0 Å². The Morgan fingerprint density at radius 3 is 2.47 bits per heavy atom. The number of aryl methyl sites for hydroxylation is 1. The molecule has 15 heavy (non-hydrogen) atoms.